The maximum Gasteiger partial charge on any atom is 0.210 e. The van der Waals surface area contributed by atoms with E-state index in [4.69, 9.17) is 10.1 Å². The number of fused-ring (bicyclic) bond motifs is 2. The molecular formula is C22H22N6O. The molecule has 7 nitrogen and oxygen atoms in total. The van der Waals surface area contributed by atoms with E-state index >= 15 is 0 Å². The number of amides is 1. The fraction of sp³-hybridized carbons (Fsp3) is 0.273. The summed E-state index contributed by atoms with van der Waals surface area (Å²) < 4.78 is 3.85. The lowest BCUT2D eigenvalue weighted by molar-refractivity contribution is -0.118. The molecule has 1 aliphatic heterocycles. The average Bonchev–Trinajstić information content (AvgIpc) is 3.36. The molecule has 146 valence electrons. The Kier molecular flexibility index (Phi) is 4.16. The molecule has 5 rings (SSSR count). The van der Waals surface area contributed by atoms with Gasteiger partial charge in [0.15, 0.2) is 0 Å². The van der Waals surface area contributed by atoms with Gasteiger partial charge in [-0.2, -0.15) is 10.2 Å². The number of hydrogen-bond acceptors (Lipinski definition) is 4. The molecule has 0 unspecified atom stereocenters. The number of hydrogen-bond donors (Lipinski definition) is 0. The Hall–Kier alpha value is -3.48. The van der Waals surface area contributed by atoms with Crippen molar-refractivity contribution in [2.75, 3.05) is 6.54 Å². The van der Waals surface area contributed by atoms with Gasteiger partial charge in [0.05, 0.1) is 17.6 Å². The van der Waals surface area contributed by atoms with Gasteiger partial charge in [-0.1, -0.05) is 18.2 Å². The van der Waals surface area contributed by atoms with Crippen molar-refractivity contribution in [1.29, 1.82) is 0 Å². The van der Waals surface area contributed by atoms with Crippen molar-refractivity contribution < 1.29 is 4.79 Å². The van der Waals surface area contributed by atoms with Gasteiger partial charge < -0.3 is 4.90 Å². The minimum atomic E-state index is 0.603. The quantitative estimate of drug-likeness (QED) is 0.506. The maximum absolute atomic E-state index is 11.4. The third kappa shape index (κ3) is 2.90. The lowest BCUT2D eigenvalue weighted by Gasteiger charge is -2.24. The molecule has 29 heavy (non-hydrogen) atoms. The van der Waals surface area contributed by atoms with Crippen LogP contribution in [-0.4, -0.2) is 42.4 Å². The Labute approximate surface area is 168 Å². The summed E-state index contributed by atoms with van der Waals surface area (Å²) in [7, 11) is 1.90. The first-order valence-electron chi connectivity index (χ1n) is 9.84. The van der Waals surface area contributed by atoms with Gasteiger partial charge in [0.25, 0.3) is 0 Å². The van der Waals surface area contributed by atoms with Crippen LogP contribution in [0.2, 0.25) is 0 Å². The normalized spacial score (nSPS) is 13.7. The van der Waals surface area contributed by atoms with Gasteiger partial charge in [0.2, 0.25) is 6.41 Å². The molecule has 1 aromatic carbocycles. The number of benzene rings is 1. The number of rotatable bonds is 4. The lowest BCUT2D eigenvalue weighted by Crippen LogP contribution is -2.29. The standard InChI is InChI=1S/C22H22N6O/c1-3-28-21-7-8-27(14-29)13-19(21)22(25-28)17-6-4-5-15-9-20(23-11-18(15)17)16-10-24-26(2)12-16/h4-6,9-12,14H,3,7-8,13H2,1-2H3. The van der Waals surface area contributed by atoms with E-state index in [0.29, 0.717) is 6.54 Å². The van der Waals surface area contributed by atoms with Crippen molar-refractivity contribution in [2.45, 2.75) is 26.4 Å². The van der Waals surface area contributed by atoms with E-state index in [2.05, 4.69) is 41.0 Å². The molecule has 0 aliphatic carbocycles. The highest BCUT2D eigenvalue weighted by Gasteiger charge is 2.25. The number of carbonyl (C=O) groups is 1. The molecule has 0 saturated carbocycles. The van der Waals surface area contributed by atoms with Crippen LogP contribution in [0.25, 0.3) is 33.3 Å². The molecule has 0 bridgehead atoms. The summed E-state index contributed by atoms with van der Waals surface area (Å²) in [5, 5.41) is 11.3. The molecule has 0 radical (unpaired) electrons. The minimum absolute atomic E-state index is 0.603. The van der Waals surface area contributed by atoms with Crippen molar-refractivity contribution in [3.63, 3.8) is 0 Å². The summed E-state index contributed by atoms with van der Waals surface area (Å²) >= 11 is 0. The predicted octanol–water partition coefficient (Wildman–Crippen LogP) is 3.03. The fourth-order valence-corrected chi connectivity index (χ4v) is 4.17. The smallest absolute Gasteiger partial charge is 0.210 e. The van der Waals surface area contributed by atoms with Crippen LogP contribution in [-0.2, 0) is 31.4 Å². The highest BCUT2D eigenvalue weighted by atomic mass is 16.1. The Balaban J connectivity index is 1.66. The van der Waals surface area contributed by atoms with Gasteiger partial charge in [-0.25, -0.2) is 0 Å². The minimum Gasteiger partial charge on any atom is -0.340 e. The Bertz CT molecular complexity index is 1220. The summed E-state index contributed by atoms with van der Waals surface area (Å²) in [5.41, 5.74) is 6.29. The van der Waals surface area contributed by atoms with Crippen LogP contribution in [0.4, 0.5) is 0 Å². The van der Waals surface area contributed by atoms with Crippen LogP contribution < -0.4 is 0 Å². The average molecular weight is 386 g/mol. The second-order valence-corrected chi connectivity index (χ2v) is 7.41. The lowest BCUT2D eigenvalue weighted by atomic mass is 9.97. The Morgan fingerprint density at radius 2 is 2.14 bits per heavy atom. The molecule has 0 fully saturated rings. The molecule has 1 amide bonds. The van der Waals surface area contributed by atoms with Crippen LogP contribution in [0.1, 0.15) is 18.2 Å². The van der Waals surface area contributed by atoms with E-state index in [1.165, 1.54) is 5.69 Å². The molecule has 0 N–H and O–H groups in total. The van der Waals surface area contributed by atoms with Crippen molar-refractivity contribution in [3.05, 3.63) is 54.1 Å². The van der Waals surface area contributed by atoms with E-state index < -0.39 is 0 Å². The summed E-state index contributed by atoms with van der Waals surface area (Å²) in [6.07, 6.45) is 7.48. The second-order valence-electron chi connectivity index (χ2n) is 7.41. The maximum atomic E-state index is 11.4. The number of carbonyl (C=O) groups excluding carboxylic acids is 1. The summed E-state index contributed by atoms with van der Waals surface area (Å²) in [5.74, 6) is 0. The highest BCUT2D eigenvalue weighted by molar-refractivity contribution is 5.97. The van der Waals surface area contributed by atoms with Gasteiger partial charge in [-0.05, 0) is 18.4 Å². The molecule has 0 spiro atoms. The summed E-state index contributed by atoms with van der Waals surface area (Å²) in [6.45, 7) is 4.27. The molecule has 3 aromatic heterocycles. The van der Waals surface area contributed by atoms with Crippen LogP contribution >= 0.6 is 0 Å². The van der Waals surface area contributed by atoms with E-state index in [1.807, 2.05) is 30.5 Å². The Morgan fingerprint density at radius 1 is 1.24 bits per heavy atom. The van der Waals surface area contributed by atoms with E-state index in [1.54, 1.807) is 4.68 Å². The first-order valence-corrected chi connectivity index (χ1v) is 9.84. The van der Waals surface area contributed by atoms with Gasteiger partial charge in [0, 0.05) is 73.3 Å². The summed E-state index contributed by atoms with van der Waals surface area (Å²) in [6, 6.07) is 8.34. The van der Waals surface area contributed by atoms with Crippen molar-refractivity contribution in [2.24, 2.45) is 7.05 Å². The van der Waals surface area contributed by atoms with Gasteiger partial charge >= 0.3 is 0 Å². The highest BCUT2D eigenvalue weighted by Crippen LogP contribution is 2.35. The Morgan fingerprint density at radius 3 is 2.90 bits per heavy atom. The van der Waals surface area contributed by atoms with Crippen LogP contribution in [0, 0.1) is 0 Å². The number of aryl methyl sites for hydroxylation is 2. The summed E-state index contributed by atoms with van der Waals surface area (Å²) in [4.78, 5) is 17.9. The predicted molar refractivity (Wildman–Crippen MR) is 111 cm³/mol. The number of aromatic nitrogens is 5. The second kappa shape index (κ2) is 6.84. The van der Waals surface area contributed by atoms with Crippen molar-refractivity contribution in [1.82, 2.24) is 29.4 Å². The number of pyridine rings is 1. The monoisotopic (exact) mass is 386 g/mol. The molecule has 4 aromatic rings. The van der Waals surface area contributed by atoms with Crippen molar-refractivity contribution >= 4 is 17.2 Å². The van der Waals surface area contributed by atoms with Crippen LogP contribution in [0.3, 0.4) is 0 Å². The zero-order valence-electron chi connectivity index (χ0n) is 16.5. The molecule has 7 heteroatoms. The third-order valence-corrected chi connectivity index (χ3v) is 5.63. The zero-order valence-corrected chi connectivity index (χ0v) is 16.5. The van der Waals surface area contributed by atoms with Gasteiger partial charge in [-0.15, -0.1) is 0 Å². The molecule has 1 aliphatic rings. The first kappa shape index (κ1) is 17.6. The van der Waals surface area contributed by atoms with Crippen LogP contribution in [0.15, 0.2) is 42.9 Å². The van der Waals surface area contributed by atoms with E-state index in [-0.39, 0.29) is 0 Å². The largest absolute Gasteiger partial charge is 0.340 e. The first-order chi connectivity index (χ1) is 14.2. The third-order valence-electron chi connectivity index (χ3n) is 5.63. The molecule has 0 saturated heterocycles. The topological polar surface area (TPSA) is 68.8 Å². The van der Waals surface area contributed by atoms with Gasteiger partial charge in [-0.3, -0.25) is 19.1 Å². The van der Waals surface area contributed by atoms with Gasteiger partial charge in [0.1, 0.15) is 0 Å². The zero-order chi connectivity index (χ0) is 20.0. The van der Waals surface area contributed by atoms with Crippen molar-refractivity contribution in [3.8, 4) is 22.5 Å². The SMILES string of the molecule is CCn1nc(-c2cccc3cc(-c4cnn(C)c4)ncc23)c2c1CCN(C=O)C2. The molecule has 0 atom stereocenters. The fourth-order valence-electron chi connectivity index (χ4n) is 4.17. The van der Waals surface area contributed by atoms with Crippen LogP contribution in [0.5, 0.6) is 0 Å². The molecular weight excluding hydrogens is 364 g/mol. The van der Waals surface area contributed by atoms with E-state index in [0.717, 1.165) is 64.8 Å². The molecule has 4 heterocycles. The number of nitrogens with zero attached hydrogens (tertiary/aromatic N) is 6. The van der Waals surface area contributed by atoms with E-state index in [9.17, 15) is 4.79 Å².